The lowest BCUT2D eigenvalue weighted by Gasteiger charge is -2.27. The Balaban J connectivity index is 1.67. The number of aromatic amines is 1. The standard InChI is InChI=1S/C32H24ClIN2O/c1-20-11-13-23(14-12-20)31-29(34)27(22-15-17-24(33)18-16-22)28-25-9-5-6-10-26(25)35-30(28)32(37)36(31)19-21-7-3-2-4-8-21/h2-18,27,35H,19H2,1H3. The fourth-order valence-electron chi connectivity index (χ4n) is 5.15. The van der Waals surface area contributed by atoms with Crippen LogP contribution in [0, 0.1) is 6.92 Å². The topological polar surface area (TPSA) is 36.1 Å². The van der Waals surface area contributed by atoms with E-state index in [2.05, 4.69) is 89.1 Å². The van der Waals surface area contributed by atoms with Crippen LogP contribution in [0.3, 0.4) is 0 Å². The fraction of sp³-hybridized carbons (Fsp3) is 0.0938. The molecule has 182 valence electrons. The molecule has 0 bridgehead atoms. The van der Waals surface area contributed by atoms with Gasteiger partial charge in [0.15, 0.2) is 0 Å². The molecule has 1 aromatic heterocycles. The third-order valence-corrected chi connectivity index (χ3v) is 8.34. The molecule has 6 rings (SSSR count). The summed E-state index contributed by atoms with van der Waals surface area (Å²) in [5.74, 6) is -0.165. The second kappa shape index (κ2) is 9.84. The molecule has 5 aromatic rings. The number of carbonyl (C=O) groups excluding carboxylic acids is 1. The predicted molar refractivity (Wildman–Crippen MR) is 160 cm³/mol. The third kappa shape index (κ3) is 4.38. The van der Waals surface area contributed by atoms with Crippen LogP contribution >= 0.6 is 34.2 Å². The van der Waals surface area contributed by atoms with Crippen molar-refractivity contribution in [3.63, 3.8) is 0 Å². The van der Waals surface area contributed by atoms with Gasteiger partial charge in [0.05, 0.1) is 12.2 Å². The first-order valence-electron chi connectivity index (χ1n) is 12.2. The van der Waals surface area contributed by atoms with Crippen molar-refractivity contribution >= 4 is 56.7 Å². The normalized spacial score (nSPS) is 15.7. The Hall–Kier alpha value is -3.35. The molecule has 4 aromatic carbocycles. The van der Waals surface area contributed by atoms with Crippen molar-refractivity contribution in [3.05, 3.63) is 145 Å². The van der Waals surface area contributed by atoms with E-state index in [-0.39, 0.29) is 11.8 Å². The minimum Gasteiger partial charge on any atom is -0.350 e. The number of benzene rings is 4. The van der Waals surface area contributed by atoms with Crippen molar-refractivity contribution < 1.29 is 4.79 Å². The number of halogens is 2. The summed E-state index contributed by atoms with van der Waals surface area (Å²) >= 11 is 8.75. The molecular formula is C32H24ClIN2O. The second-order valence-electron chi connectivity index (χ2n) is 9.38. The summed E-state index contributed by atoms with van der Waals surface area (Å²) in [6.07, 6.45) is 0. The van der Waals surface area contributed by atoms with Crippen LogP contribution in [0.15, 0.2) is 107 Å². The number of allylic oxidation sites excluding steroid dienone is 1. The molecule has 37 heavy (non-hydrogen) atoms. The SMILES string of the molecule is Cc1ccc(C2=C(I)C(c3ccc(Cl)cc3)c3c([nH]c4ccccc34)C(=O)N2Cc2ccccc2)cc1. The Morgan fingerprint density at radius 2 is 1.54 bits per heavy atom. The van der Waals surface area contributed by atoms with E-state index in [0.717, 1.165) is 42.4 Å². The first kappa shape index (κ1) is 24.0. The third-order valence-electron chi connectivity index (χ3n) is 6.96. The maximum absolute atomic E-state index is 14.5. The van der Waals surface area contributed by atoms with Gasteiger partial charge in [0.1, 0.15) is 5.69 Å². The largest absolute Gasteiger partial charge is 0.350 e. The van der Waals surface area contributed by atoms with Crippen LogP contribution in [0.5, 0.6) is 0 Å². The molecule has 1 N–H and O–H groups in total. The molecular weight excluding hydrogens is 591 g/mol. The van der Waals surface area contributed by atoms with Crippen LogP contribution < -0.4 is 0 Å². The van der Waals surface area contributed by atoms with Crippen molar-refractivity contribution in [1.82, 2.24) is 9.88 Å². The molecule has 0 spiro atoms. The van der Waals surface area contributed by atoms with Crippen LogP contribution in [0.25, 0.3) is 16.6 Å². The number of aryl methyl sites for hydroxylation is 1. The van der Waals surface area contributed by atoms with Gasteiger partial charge in [-0.15, -0.1) is 0 Å². The lowest BCUT2D eigenvalue weighted by atomic mass is 9.88. The van der Waals surface area contributed by atoms with Crippen molar-refractivity contribution in [1.29, 1.82) is 0 Å². The van der Waals surface area contributed by atoms with Gasteiger partial charge in [-0.1, -0.05) is 102 Å². The molecule has 1 aliphatic heterocycles. The number of nitrogens with zero attached hydrogens (tertiary/aromatic N) is 1. The zero-order valence-corrected chi connectivity index (χ0v) is 23.1. The molecule has 0 aliphatic carbocycles. The highest BCUT2D eigenvalue weighted by molar-refractivity contribution is 14.1. The van der Waals surface area contributed by atoms with Crippen LogP contribution in [0.4, 0.5) is 0 Å². The summed E-state index contributed by atoms with van der Waals surface area (Å²) in [7, 11) is 0. The number of aromatic nitrogens is 1. The Labute approximate surface area is 234 Å². The number of hydrogen-bond donors (Lipinski definition) is 1. The van der Waals surface area contributed by atoms with E-state index >= 15 is 0 Å². The van der Waals surface area contributed by atoms with Gasteiger partial charge in [0, 0.05) is 31.0 Å². The highest BCUT2D eigenvalue weighted by atomic mass is 127. The number of para-hydroxylation sites is 1. The predicted octanol–water partition coefficient (Wildman–Crippen LogP) is 8.72. The summed E-state index contributed by atoms with van der Waals surface area (Å²) in [5.41, 5.74) is 7.91. The molecule has 2 heterocycles. The van der Waals surface area contributed by atoms with Crippen LogP contribution in [0.2, 0.25) is 5.02 Å². The van der Waals surface area contributed by atoms with E-state index < -0.39 is 0 Å². The first-order chi connectivity index (χ1) is 18.0. The lowest BCUT2D eigenvalue weighted by Crippen LogP contribution is -2.29. The highest BCUT2D eigenvalue weighted by Gasteiger charge is 2.37. The average Bonchev–Trinajstić information content (AvgIpc) is 3.26. The zero-order chi connectivity index (χ0) is 25.5. The second-order valence-corrected chi connectivity index (χ2v) is 11.0. The van der Waals surface area contributed by atoms with Gasteiger partial charge in [-0.05, 0) is 64.4 Å². The van der Waals surface area contributed by atoms with E-state index in [1.165, 1.54) is 5.56 Å². The van der Waals surface area contributed by atoms with Crippen LogP contribution in [-0.2, 0) is 6.54 Å². The van der Waals surface area contributed by atoms with E-state index in [1.54, 1.807) is 0 Å². The maximum Gasteiger partial charge on any atom is 0.275 e. The lowest BCUT2D eigenvalue weighted by molar-refractivity contribution is 0.0823. The zero-order valence-electron chi connectivity index (χ0n) is 20.2. The summed E-state index contributed by atoms with van der Waals surface area (Å²) in [6.45, 7) is 2.55. The van der Waals surface area contributed by atoms with Crippen molar-refractivity contribution in [2.24, 2.45) is 0 Å². The molecule has 0 fully saturated rings. The van der Waals surface area contributed by atoms with Gasteiger partial charge in [-0.3, -0.25) is 4.79 Å². The van der Waals surface area contributed by atoms with E-state index in [4.69, 9.17) is 11.6 Å². The smallest absolute Gasteiger partial charge is 0.275 e. The average molecular weight is 615 g/mol. The van der Waals surface area contributed by atoms with Crippen LogP contribution in [0.1, 0.15) is 44.2 Å². The molecule has 0 saturated heterocycles. The van der Waals surface area contributed by atoms with Gasteiger partial charge < -0.3 is 9.88 Å². The van der Waals surface area contributed by atoms with Crippen molar-refractivity contribution in [2.75, 3.05) is 0 Å². The summed E-state index contributed by atoms with van der Waals surface area (Å²) in [6, 6.07) is 34.8. The van der Waals surface area contributed by atoms with Crippen LogP contribution in [-0.4, -0.2) is 15.8 Å². The minimum absolute atomic E-state index is 0.0312. The quantitative estimate of drug-likeness (QED) is 0.202. The molecule has 1 unspecified atom stereocenters. The summed E-state index contributed by atoms with van der Waals surface area (Å²) in [5, 5.41) is 1.75. The Morgan fingerprint density at radius 3 is 2.27 bits per heavy atom. The molecule has 1 amide bonds. The minimum atomic E-state index is -0.134. The number of hydrogen-bond acceptors (Lipinski definition) is 1. The number of rotatable bonds is 4. The molecule has 1 aliphatic rings. The number of nitrogens with one attached hydrogen (secondary N) is 1. The Kier molecular flexibility index (Phi) is 6.39. The summed E-state index contributed by atoms with van der Waals surface area (Å²) < 4.78 is 1.09. The summed E-state index contributed by atoms with van der Waals surface area (Å²) in [4.78, 5) is 19.9. The number of amides is 1. The van der Waals surface area contributed by atoms with E-state index in [1.807, 2.05) is 53.4 Å². The fourth-order valence-corrected chi connectivity index (χ4v) is 6.55. The Bertz CT molecular complexity index is 1640. The highest BCUT2D eigenvalue weighted by Crippen LogP contribution is 2.48. The van der Waals surface area contributed by atoms with Gasteiger partial charge >= 0.3 is 0 Å². The Morgan fingerprint density at radius 1 is 0.865 bits per heavy atom. The van der Waals surface area contributed by atoms with E-state index in [0.29, 0.717) is 17.3 Å². The van der Waals surface area contributed by atoms with Crippen molar-refractivity contribution in [2.45, 2.75) is 19.4 Å². The van der Waals surface area contributed by atoms with Gasteiger partial charge in [0.2, 0.25) is 0 Å². The molecule has 3 nitrogen and oxygen atoms in total. The van der Waals surface area contributed by atoms with Gasteiger partial charge in [0.25, 0.3) is 5.91 Å². The van der Waals surface area contributed by atoms with Gasteiger partial charge in [-0.25, -0.2) is 0 Å². The van der Waals surface area contributed by atoms with E-state index in [9.17, 15) is 4.79 Å². The molecule has 0 saturated carbocycles. The number of H-pyrrole nitrogens is 1. The maximum atomic E-state index is 14.5. The molecule has 1 atom stereocenters. The first-order valence-corrected chi connectivity index (χ1v) is 13.7. The van der Waals surface area contributed by atoms with Crippen molar-refractivity contribution in [3.8, 4) is 0 Å². The number of carbonyl (C=O) groups is 1. The monoisotopic (exact) mass is 614 g/mol. The van der Waals surface area contributed by atoms with Gasteiger partial charge in [-0.2, -0.15) is 0 Å². The molecule has 0 radical (unpaired) electrons. The molecule has 5 heteroatoms. The number of fused-ring (bicyclic) bond motifs is 3.